The van der Waals surface area contributed by atoms with E-state index in [2.05, 4.69) is 20.8 Å². The minimum atomic E-state index is -0.142. The Labute approximate surface area is 79.6 Å². The molecular weight excluding hydrogens is 165 g/mol. The number of halogens is 1. The van der Waals surface area contributed by atoms with Gasteiger partial charge in [-0.15, -0.1) is 0 Å². The van der Waals surface area contributed by atoms with Crippen molar-refractivity contribution in [3.05, 3.63) is 35.6 Å². The van der Waals surface area contributed by atoms with Crippen LogP contribution >= 0.6 is 0 Å². The van der Waals surface area contributed by atoms with E-state index in [1.165, 1.54) is 6.07 Å². The van der Waals surface area contributed by atoms with Crippen molar-refractivity contribution in [1.82, 2.24) is 6.15 Å². The molecule has 0 radical (unpaired) electrons. The van der Waals surface area contributed by atoms with Gasteiger partial charge in [-0.05, 0) is 29.5 Å². The van der Waals surface area contributed by atoms with Crippen LogP contribution in [0.3, 0.4) is 0 Å². The van der Waals surface area contributed by atoms with Crippen molar-refractivity contribution >= 4 is 0 Å². The summed E-state index contributed by atoms with van der Waals surface area (Å²) in [6, 6.07) is 6.81. The zero-order chi connectivity index (χ0) is 9.19. The molecule has 0 aliphatic rings. The molecule has 0 saturated carbocycles. The zero-order valence-electron chi connectivity index (χ0n) is 8.60. The standard InChI is InChI=1S/C11H15F.H3N/c1-11(2,3)8-9-5-4-6-10(12)7-9;/h4-7H,8H2,1-3H3;1H3. The van der Waals surface area contributed by atoms with Crippen LogP contribution in [0.4, 0.5) is 4.39 Å². The van der Waals surface area contributed by atoms with Gasteiger partial charge in [-0.1, -0.05) is 32.9 Å². The van der Waals surface area contributed by atoms with Crippen molar-refractivity contribution < 1.29 is 4.39 Å². The first kappa shape index (κ1) is 12.1. The first-order valence-electron chi connectivity index (χ1n) is 4.22. The molecule has 1 aromatic rings. The summed E-state index contributed by atoms with van der Waals surface area (Å²) in [5.41, 5.74) is 1.30. The first-order chi connectivity index (χ1) is 5.47. The van der Waals surface area contributed by atoms with E-state index < -0.39 is 0 Å². The molecule has 0 heterocycles. The number of benzene rings is 1. The topological polar surface area (TPSA) is 35.0 Å². The molecule has 3 N–H and O–H groups in total. The molecule has 1 rings (SSSR count). The van der Waals surface area contributed by atoms with Gasteiger partial charge >= 0.3 is 0 Å². The van der Waals surface area contributed by atoms with Crippen LogP contribution in [0.25, 0.3) is 0 Å². The minimum Gasteiger partial charge on any atom is -0.344 e. The molecule has 0 fully saturated rings. The fourth-order valence-electron chi connectivity index (χ4n) is 1.26. The SMILES string of the molecule is CC(C)(C)Cc1cccc(F)c1.N. The van der Waals surface area contributed by atoms with Gasteiger partial charge in [-0.25, -0.2) is 4.39 Å². The normalized spacial score (nSPS) is 10.8. The Kier molecular flexibility index (Phi) is 4.08. The highest BCUT2D eigenvalue weighted by Gasteiger charge is 2.10. The molecule has 0 atom stereocenters. The third-order valence-electron chi connectivity index (χ3n) is 1.62. The smallest absolute Gasteiger partial charge is 0.123 e. The van der Waals surface area contributed by atoms with E-state index in [0.717, 1.165) is 12.0 Å². The Hall–Kier alpha value is -0.890. The summed E-state index contributed by atoms with van der Waals surface area (Å²) in [5.74, 6) is -0.142. The van der Waals surface area contributed by atoms with E-state index in [0.29, 0.717) is 0 Å². The molecule has 0 aromatic heterocycles. The van der Waals surface area contributed by atoms with Gasteiger partial charge in [0.2, 0.25) is 0 Å². The molecule has 1 nitrogen and oxygen atoms in total. The molecule has 0 amide bonds. The molecule has 0 unspecified atom stereocenters. The molecule has 0 bridgehead atoms. The lowest BCUT2D eigenvalue weighted by Crippen LogP contribution is -2.08. The largest absolute Gasteiger partial charge is 0.344 e. The highest BCUT2D eigenvalue weighted by Crippen LogP contribution is 2.20. The van der Waals surface area contributed by atoms with Crippen molar-refractivity contribution in [3.63, 3.8) is 0 Å². The van der Waals surface area contributed by atoms with Crippen LogP contribution in [-0.2, 0) is 6.42 Å². The maximum Gasteiger partial charge on any atom is 0.123 e. The van der Waals surface area contributed by atoms with Crippen molar-refractivity contribution in [2.45, 2.75) is 27.2 Å². The summed E-state index contributed by atoms with van der Waals surface area (Å²) in [4.78, 5) is 0. The van der Waals surface area contributed by atoms with E-state index in [4.69, 9.17) is 0 Å². The molecule has 0 aliphatic heterocycles. The van der Waals surface area contributed by atoms with Crippen LogP contribution in [0, 0.1) is 11.2 Å². The van der Waals surface area contributed by atoms with Crippen molar-refractivity contribution in [1.29, 1.82) is 0 Å². The predicted molar refractivity (Wildman–Crippen MR) is 54.6 cm³/mol. The molecule has 2 heteroatoms. The van der Waals surface area contributed by atoms with Crippen LogP contribution in [-0.4, -0.2) is 0 Å². The second-order valence-electron chi connectivity index (χ2n) is 4.37. The Balaban J connectivity index is 0.00000144. The van der Waals surface area contributed by atoms with Crippen LogP contribution in [0.1, 0.15) is 26.3 Å². The van der Waals surface area contributed by atoms with E-state index in [-0.39, 0.29) is 17.4 Å². The van der Waals surface area contributed by atoms with E-state index in [9.17, 15) is 4.39 Å². The summed E-state index contributed by atoms with van der Waals surface area (Å²) < 4.78 is 12.7. The summed E-state index contributed by atoms with van der Waals surface area (Å²) in [6.45, 7) is 6.45. The number of hydrogen-bond acceptors (Lipinski definition) is 1. The summed E-state index contributed by atoms with van der Waals surface area (Å²) in [5, 5.41) is 0. The molecule has 1 aromatic carbocycles. The molecule has 0 saturated heterocycles. The molecule has 0 aliphatic carbocycles. The third-order valence-corrected chi connectivity index (χ3v) is 1.62. The lowest BCUT2D eigenvalue weighted by atomic mass is 9.88. The van der Waals surface area contributed by atoms with Gasteiger partial charge in [0.05, 0.1) is 0 Å². The van der Waals surface area contributed by atoms with E-state index in [1.54, 1.807) is 12.1 Å². The predicted octanol–water partition coefficient (Wildman–Crippen LogP) is 3.58. The van der Waals surface area contributed by atoms with Crippen LogP contribution in [0.5, 0.6) is 0 Å². The Bertz CT molecular complexity index is 263. The number of rotatable bonds is 1. The van der Waals surface area contributed by atoms with Gasteiger partial charge in [-0.2, -0.15) is 0 Å². The lowest BCUT2D eigenvalue weighted by molar-refractivity contribution is 0.410. The van der Waals surface area contributed by atoms with Gasteiger partial charge < -0.3 is 6.15 Å². The first-order valence-corrected chi connectivity index (χ1v) is 4.22. The Morgan fingerprint density at radius 3 is 2.31 bits per heavy atom. The van der Waals surface area contributed by atoms with Gasteiger partial charge in [0.25, 0.3) is 0 Å². The Morgan fingerprint density at radius 2 is 1.85 bits per heavy atom. The maximum absolute atomic E-state index is 12.7. The van der Waals surface area contributed by atoms with Crippen LogP contribution < -0.4 is 6.15 Å². The lowest BCUT2D eigenvalue weighted by Gasteiger charge is -2.17. The average molecular weight is 183 g/mol. The Morgan fingerprint density at radius 1 is 1.23 bits per heavy atom. The highest BCUT2D eigenvalue weighted by molar-refractivity contribution is 5.17. The average Bonchev–Trinajstić information content (AvgIpc) is 1.82. The molecule has 74 valence electrons. The second-order valence-corrected chi connectivity index (χ2v) is 4.37. The van der Waals surface area contributed by atoms with Crippen molar-refractivity contribution in [2.24, 2.45) is 5.41 Å². The molecular formula is C11H18FN. The van der Waals surface area contributed by atoms with E-state index >= 15 is 0 Å². The molecule has 13 heavy (non-hydrogen) atoms. The van der Waals surface area contributed by atoms with Crippen molar-refractivity contribution in [3.8, 4) is 0 Å². The third kappa shape index (κ3) is 4.63. The molecule has 0 spiro atoms. The fraction of sp³-hybridized carbons (Fsp3) is 0.455. The quantitative estimate of drug-likeness (QED) is 0.709. The summed E-state index contributed by atoms with van der Waals surface area (Å²) in [6.07, 6.45) is 0.921. The van der Waals surface area contributed by atoms with E-state index in [1.807, 2.05) is 6.07 Å². The van der Waals surface area contributed by atoms with Crippen LogP contribution in [0.15, 0.2) is 24.3 Å². The van der Waals surface area contributed by atoms with Crippen molar-refractivity contribution in [2.75, 3.05) is 0 Å². The highest BCUT2D eigenvalue weighted by atomic mass is 19.1. The second kappa shape index (κ2) is 4.38. The van der Waals surface area contributed by atoms with Gasteiger partial charge in [-0.3, -0.25) is 0 Å². The van der Waals surface area contributed by atoms with Gasteiger partial charge in [0, 0.05) is 0 Å². The zero-order valence-corrected chi connectivity index (χ0v) is 8.60. The fourth-order valence-corrected chi connectivity index (χ4v) is 1.26. The van der Waals surface area contributed by atoms with Gasteiger partial charge in [0.1, 0.15) is 5.82 Å². The maximum atomic E-state index is 12.7. The number of hydrogen-bond donors (Lipinski definition) is 1. The monoisotopic (exact) mass is 183 g/mol. The summed E-state index contributed by atoms with van der Waals surface area (Å²) >= 11 is 0. The minimum absolute atomic E-state index is 0. The van der Waals surface area contributed by atoms with Gasteiger partial charge in [0.15, 0.2) is 0 Å². The van der Waals surface area contributed by atoms with Crippen LogP contribution in [0.2, 0.25) is 0 Å². The summed E-state index contributed by atoms with van der Waals surface area (Å²) in [7, 11) is 0.